The Balaban J connectivity index is 2.29. The molecule has 84 valence electrons. The van der Waals surface area contributed by atoms with Crippen molar-refractivity contribution in [2.75, 3.05) is 11.5 Å². The van der Waals surface area contributed by atoms with Gasteiger partial charge in [-0.2, -0.15) is 0 Å². The Bertz CT molecular complexity index is 278. The van der Waals surface area contributed by atoms with E-state index in [1.807, 2.05) is 6.92 Å². The molecule has 0 amide bonds. The van der Waals surface area contributed by atoms with E-state index in [1.165, 1.54) is 12.8 Å². The zero-order chi connectivity index (χ0) is 10.8. The largest absolute Gasteiger partial charge is 0.229 e. The number of sulfone groups is 1. The molecular formula is C10H19ClO2S. The molecule has 0 aromatic heterocycles. The van der Waals surface area contributed by atoms with Crippen LogP contribution in [0.5, 0.6) is 0 Å². The Hall–Kier alpha value is 0.240. The molecule has 0 aliphatic heterocycles. The highest BCUT2D eigenvalue weighted by molar-refractivity contribution is 7.91. The highest BCUT2D eigenvalue weighted by Gasteiger charge is 2.45. The Kier molecular flexibility index (Phi) is 3.87. The first kappa shape index (κ1) is 12.3. The van der Waals surface area contributed by atoms with Crippen LogP contribution in [0.4, 0.5) is 0 Å². The van der Waals surface area contributed by atoms with Gasteiger partial charge < -0.3 is 0 Å². The molecule has 1 saturated carbocycles. The summed E-state index contributed by atoms with van der Waals surface area (Å²) in [4.78, 5) is 0. The summed E-state index contributed by atoms with van der Waals surface area (Å²) in [5.74, 6) is 0.589. The number of hydrogen-bond donors (Lipinski definition) is 0. The van der Waals surface area contributed by atoms with E-state index in [2.05, 4.69) is 0 Å². The molecule has 0 aromatic rings. The van der Waals surface area contributed by atoms with E-state index in [-0.39, 0.29) is 16.5 Å². The topological polar surface area (TPSA) is 34.1 Å². The monoisotopic (exact) mass is 238 g/mol. The minimum Gasteiger partial charge on any atom is -0.229 e. The van der Waals surface area contributed by atoms with Crippen LogP contribution < -0.4 is 0 Å². The quantitative estimate of drug-likeness (QED) is 0.667. The fourth-order valence-electron chi connectivity index (χ4n) is 1.80. The third-order valence-electron chi connectivity index (χ3n) is 3.31. The molecule has 1 atom stereocenters. The van der Waals surface area contributed by atoms with E-state index in [1.54, 1.807) is 6.92 Å². The maximum atomic E-state index is 11.2. The van der Waals surface area contributed by atoms with Crippen molar-refractivity contribution in [3.8, 4) is 0 Å². The molecule has 0 N–H and O–H groups in total. The second-order valence-corrected chi connectivity index (χ2v) is 7.45. The molecule has 0 bridgehead atoms. The molecule has 0 spiro atoms. The predicted molar refractivity (Wildman–Crippen MR) is 60.5 cm³/mol. The van der Waals surface area contributed by atoms with Crippen molar-refractivity contribution in [3.05, 3.63) is 0 Å². The van der Waals surface area contributed by atoms with Crippen LogP contribution in [0.2, 0.25) is 0 Å². The second-order valence-electron chi connectivity index (χ2n) is 4.32. The first-order chi connectivity index (χ1) is 6.42. The van der Waals surface area contributed by atoms with Crippen LogP contribution in [-0.2, 0) is 9.84 Å². The number of hydrogen-bond acceptors (Lipinski definition) is 2. The van der Waals surface area contributed by atoms with E-state index in [0.717, 1.165) is 12.8 Å². The third kappa shape index (κ3) is 3.13. The summed E-state index contributed by atoms with van der Waals surface area (Å²) in [5, 5.41) is 0.187. The maximum Gasteiger partial charge on any atom is 0.150 e. The average Bonchev–Trinajstić information content (AvgIpc) is 2.85. The van der Waals surface area contributed by atoms with Gasteiger partial charge >= 0.3 is 0 Å². The molecule has 14 heavy (non-hydrogen) atoms. The van der Waals surface area contributed by atoms with Crippen molar-refractivity contribution in [1.29, 1.82) is 0 Å². The number of alkyl halides is 1. The van der Waals surface area contributed by atoms with Crippen LogP contribution >= 0.6 is 11.6 Å². The SMILES string of the molecule is CCS(=O)(=O)CCCC1(C(C)Cl)CC1. The van der Waals surface area contributed by atoms with Crippen molar-refractivity contribution in [2.24, 2.45) is 5.41 Å². The number of rotatable bonds is 6. The van der Waals surface area contributed by atoms with Crippen molar-refractivity contribution in [2.45, 2.75) is 44.9 Å². The maximum absolute atomic E-state index is 11.2. The standard InChI is InChI=1S/C10H19ClO2S/c1-3-14(12,13)8-4-5-10(6-7-10)9(2)11/h9H,3-8H2,1-2H3. The molecule has 0 saturated heterocycles. The summed E-state index contributed by atoms with van der Waals surface area (Å²) in [5.41, 5.74) is 0.269. The van der Waals surface area contributed by atoms with Gasteiger partial charge in [0.2, 0.25) is 0 Å². The van der Waals surface area contributed by atoms with E-state index in [0.29, 0.717) is 5.75 Å². The number of halogens is 1. The van der Waals surface area contributed by atoms with Crippen LogP contribution in [0.1, 0.15) is 39.5 Å². The van der Waals surface area contributed by atoms with Crippen LogP contribution in [0.3, 0.4) is 0 Å². The molecule has 1 fully saturated rings. The average molecular weight is 239 g/mol. The van der Waals surface area contributed by atoms with Gasteiger partial charge in [-0.15, -0.1) is 11.6 Å². The van der Waals surface area contributed by atoms with Crippen LogP contribution in [0.15, 0.2) is 0 Å². The van der Waals surface area contributed by atoms with Crippen molar-refractivity contribution in [3.63, 3.8) is 0 Å². The summed E-state index contributed by atoms with van der Waals surface area (Å²) in [7, 11) is -2.78. The highest BCUT2D eigenvalue weighted by Crippen LogP contribution is 2.54. The molecule has 4 heteroatoms. The Morgan fingerprint density at radius 3 is 2.36 bits per heavy atom. The Morgan fingerprint density at radius 1 is 1.43 bits per heavy atom. The van der Waals surface area contributed by atoms with Gasteiger partial charge in [0.1, 0.15) is 9.84 Å². The summed E-state index contributed by atoms with van der Waals surface area (Å²) >= 11 is 6.07. The Morgan fingerprint density at radius 2 is 2.00 bits per heavy atom. The van der Waals surface area contributed by atoms with Crippen LogP contribution in [0.25, 0.3) is 0 Å². The molecule has 0 aromatic carbocycles. The fraction of sp³-hybridized carbons (Fsp3) is 1.00. The third-order valence-corrected chi connectivity index (χ3v) is 5.56. The van der Waals surface area contributed by atoms with Gasteiger partial charge in [-0.05, 0) is 38.0 Å². The zero-order valence-electron chi connectivity index (χ0n) is 8.92. The lowest BCUT2D eigenvalue weighted by Gasteiger charge is -2.17. The molecule has 0 radical (unpaired) electrons. The smallest absolute Gasteiger partial charge is 0.150 e. The summed E-state index contributed by atoms with van der Waals surface area (Å²) in [6, 6.07) is 0. The second kappa shape index (κ2) is 4.40. The molecule has 1 rings (SSSR count). The van der Waals surface area contributed by atoms with Gasteiger partial charge in [0, 0.05) is 11.1 Å². The summed E-state index contributed by atoms with van der Waals surface area (Å²) in [6.45, 7) is 3.72. The first-order valence-electron chi connectivity index (χ1n) is 5.26. The molecule has 1 aliphatic carbocycles. The van der Waals surface area contributed by atoms with Crippen LogP contribution in [0, 0.1) is 5.41 Å². The summed E-state index contributed by atoms with van der Waals surface area (Å²) in [6.07, 6.45) is 4.08. The molecular weight excluding hydrogens is 220 g/mol. The van der Waals surface area contributed by atoms with Crippen LogP contribution in [-0.4, -0.2) is 25.3 Å². The van der Waals surface area contributed by atoms with Gasteiger partial charge in [0.25, 0.3) is 0 Å². The molecule has 1 aliphatic rings. The van der Waals surface area contributed by atoms with Crippen molar-refractivity contribution < 1.29 is 8.42 Å². The zero-order valence-corrected chi connectivity index (χ0v) is 10.5. The van der Waals surface area contributed by atoms with E-state index < -0.39 is 9.84 Å². The molecule has 0 heterocycles. The van der Waals surface area contributed by atoms with Crippen molar-refractivity contribution >= 4 is 21.4 Å². The lowest BCUT2D eigenvalue weighted by Crippen LogP contribution is -2.15. The van der Waals surface area contributed by atoms with Gasteiger partial charge in [-0.1, -0.05) is 6.92 Å². The Labute approximate surface area is 91.9 Å². The van der Waals surface area contributed by atoms with Gasteiger partial charge in [-0.25, -0.2) is 8.42 Å². The molecule has 1 unspecified atom stereocenters. The van der Waals surface area contributed by atoms with Gasteiger partial charge in [0.05, 0.1) is 5.75 Å². The van der Waals surface area contributed by atoms with E-state index >= 15 is 0 Å². The van der Waals surface area contributed by atoms with Gasteiger partial charge in [-0.3, -0.25) is 0 Å². The lowest BCUT2D eigenvalue weighted by molar-refractivity contribution is 0.450. The predicted octanol–water partition coefficient (Wildman–Crippen LogP) is 2.61. The molecule has 2 nitrogen and oxygen atoms in total. The van der Waals surface area contributed by atoms with E-state index in [9.17, 15) is 8.42 Å². The normalized spacial score (nSPS) is 21.9. The summed E-state index contributed by atoms with van der Waals surface area (Å²) < 4.78 is 22.5. The first-order valence-corrected chi connectivity index (χ1v) is 7.52. The lowest BCUT2D eigenvalue weighted by atomic mass is 9.97. The highest BCUT2D eigenvalue weighted by atomic mass is 35.5. The van der Waals surface area contributed by atoms with Crippen molar-refractivity contribution in [1.82, 2.24) is 0 Å². The fourth-order valence-corrected chi connectivity index (χ4v) is 3.00. The van der Waals surface area contributed by atoms with Gasteiger partial charge in [0.15, 0.2) is 0 Å². The minimum atomic E-state index is -2.78. The minimum absolute atomic E-state index is 0.187. The van der Waals surface area contributed by atoms with E-state index in [4.69, 9.17) is 11.6 Å².